The third kappa shape index (κ3) is 6.26. The Balaban J connectivity index is 1.42. The second-order valence-electron chi connectivity index (χ2n) is 12.9. The lowest BCUT2D eigenvalue weighted by atomic mass is 9.68. The monoisotopic (exact) mass is 642 g/mol. The summed E-state index contributed by atoms with van der Waals surface area (Å²) in [4.78, 5) is 15.8. The summed E-state index contributed by atoms with van der Waals surface area (Å²) < 4.78 is 41.7. The number of nitrogens with one attached hydrogen (secondary N) is 1. The summed E-state index contributed by atoms with van der Waals surface area (Å²) in [5.41, 5.74) is 3.36. The molecule has 8 nitrogen and oxygen atoms in total. The minimum absolute atomic E-state index is 0.0524. The first-order chi connectivity index (χ1) is 21.2. The zero-order valence-corrected chi connectivity index (χ0v) is 26.9. The fourth-order valence-electron chi connectivity index (χ4n) is 7.67. The Bertz CT molecular complexity index is 1510. The summed E-state index contributed by atoms with van der Waals surface area (Å²) >= 11 is 6.41. The smallest absolute Gasteiger partial charge is 0.264 e. The van der Waals surface area contributed by atoms with Crippen molar-refractivity contribution < 1.29 is 27.8 Å². The van der Waals surface area contributed by atoms with E-state index in [4.69, 9.17) is 21.1 Å². The molecule has 2 N–H and O–H groups in total. The van der Waals surface area contributed by atoms with Gasteiger partial charge >= 0.3 is 0 Å². The van der Waals surface area contributed by atoms with E-state index >= 15 is 0 Å². The molecule has 44 heavy (non-hydrogen) atoms. The number of aliphatic hydroxyl groups is 1. The van der Waals surface area contributed by atoms with E-state index in [0.29, 0.717) is 49.6 Å². The van der Waals surface area contributed by atoms with Crippen molar-refractivity contribution in [3.05, 3.63) is 70.3 Å². The van der Waals surface area contributed by atoms with Crippen LogP contribution < -0.4 is 14.4 Å². The molecule has 238 valence electrons. The quantitative estimate of drug-likeness (QED) is 0.430. The fraction of sp³-hybridized carbons (Fsp3) is 0.559. The van der Waals surface area contributed by atoms with Gasteiger partial charge in [-0.2, -0.15) is 0 Å². The van der Waals surface area contributed by atoms with Crippen molar-refractivity contribution in [2.24, 2.45) is 11.8 Å². The number of ether oxygens (including phenoxy) is 2. The van der Waals surface area contributed by atoms with Gasteiger partial charge in [-0.05, 0) is 105 Å². The SMILES string of the molecule is CC[C@@H]1CC/C=C/[C@H](OCCO)[C@@H]2CC[C@H]2CN2C[C@@]3(CCCc4cc(Cl)ccc43)COc3ccc(cc32)C(=O)NS1(=O)=O. The largest absolute Gasteiger partial charge is 0.490 e. The zero-order chi connectivity index (χ0) is 30.9. The van der Waals surface area contributed by atoms with Gasteiger partial charge < -0.3 is 19.5 Å². The average molecular weight is 643 g/mol. The molecule has 2 bridgehead atoms. The van der Waals surface area contributed by atoms with Crippen molar-refractivity contribution in [1.82, 2.24) is 4.72 Å². The normalized spacial score (nSPS) is 30.6. The van der Waals surface area contributed by atoms with Crippen LogP contribution in [0.4, 0.5) is 5.69 Å². The lowest BCUT2D eigenvalue weighted by Gasteiger charge is -2.46. The van der Waals surface area contributed by atoms with Crippen LogP contribution in [0.3, 0.4) is 0 Å². The summed E-state index contributed by atoms with van der Waals surface area (Å²) in [5.74, 6) is 0.681. The van der Waals surface area contributed by atoms with Crippen LogP contribution in [0.25, 0.3) is 0 Å². The second kappa shape index (κ2) is 13.0. The molecule has 6 rings (SSSR count). The molecule has 1 saturated carbocycles. The summed E-state index contributed by atoms with van der Waals surface area (Å²) in [6.45, 7) is 3.98. The molecule has 2 aromatic carbocycles. The minimum Gasteiger partial charge on any atom is -0.490 e. The molecule has 1 spiro atoms. The highest BCUT2D eigenvalue weighted by molar-refractivity contribution is 7.90. The van der Waals surface area contributed by atoms with Crippen molar-refractivity contribution in [2.75, 3.05) is 37.8 Å². The molecule has 4 aliphatic rings. The Kier molecular flexibility index (Phi) is 9.30. The number of aryl methyl sites for hydroxylation is 1. The van der Waals surface area contributed by atoms with Gasteiger partial charge in [0.05, 0.1) is 36.9 Å². The number of hydrogen-bond donors (Lipinski definition) is 2. The molecule has 2 aliphatic heterocycles. The molecule has 1 amide bonds. The Morgan fingerprint density at radius 2 is 2.05 bits per heavy atom. The molecule has 0 saturated heterocycles. The maximum absolute atomic E-state index is 13.4. The standard InChI is InChI=1S/C34H43ClN2O6S/c1-2-27-7-3-4-8-31(42-17-16-38)28-12-9-25(28)20-37-21-34(15-5-6-23-18-26(35)11-13-29(23)34)22-43-32-14-10-24(19-30(32)37)33(39)36-44(27,40)41/h4,8,10-11,13-14,18-19,25,27-28,31,38H,2-3,5-7,9,12,15-17,20-22H2,1H3,(H,36,39)/b8-4+/t25-,27+,28+,31-,34-/m0/s1. The number of carbonyl (C=O) groups excluding carboxylic acids is 1. The lowest BCUT2D eigenvalue weighted by molar-refractivity contribution is -0.0257. The number of carbonyl (C=O) groups is 1. The van der Waals surface area contributed by atoms with Crippen LogP contribution in [-0.4, -0.2) is 63.7 Å². The Hall–Kier alpha value is -2.59. The van der Waals surface area contributed by atoms with E-state index in [2.05, 4.69) is 27.8 Å². The molecule has 0 unspecified atom stereocenters. The summed E-state index contributed by atoms with van der Waals surface area (Å²) in [6, 6.07) is 11.5. The van der Waals surface area contributed by atoms with Crippen LogP contribution in [0.5, 0.6) is 5.75 Å². The van der Waals surface area contributed by atoms with E-state index in [1.165, 1.54) is 11.1 Å². The predicted octanol–water partition coefficient (Wildman–Crippen LogP) is 5.41. The Labute approximate surface area is 265 Å². The number of aliphatic hydroxyl groups excluding tert-OH is 1. The fourth-order valence-corrected chi connectivity index (χ4v) is 9.29. The van der Waals surface area contributed by atoms with Crippen LogP contribution in [-0.2, 0) is 26.6 Å². The Morgan fingerprint density at radius 3 is 2.82 bits per heavy atom. The average Bonchev–Trinajstić information content (AvgIpc) is 3.13. The minimum atomic E-state index is -3.89. The number of fused-ring (bicyclic) bond motifs is 4. The van der Waals surface area contributed by atoms with Crippen molar-refractivity contribution >= 4 is 33.2 Å². The predicted molar refractivity (Wildman–Crippen MR) is 172 cm³/mol. The van der Waals surface area contributed by atoms with E-state index in [9.17, 15) is 18.3 Å². The van der Waals surface area contributed by atoms with Gasteiger partial charge in [-0.25, -0.2) is 13.1 Å². The number of benzene rings is 2. The molecule has 2 heterocycles. The van der Waals surface area contributed by atoms with Gasteiger partial charge in [0.1, 0.15) is 5.75 Å². The van der Waals surface area contributed by atoms with Crippen LogP contribution in [0.1, 0.15) is 73.4 Å². The number of amides is 1. The maximum atomic E-state index is 13.4. The van der Waals surface area contributed by atoms with E-state index in [1.54, 1.807) is 12.1 Å². The van der Waals surface area contributed by atoms with E-state index in [-0.39, 0.29) is 30.7 Å². The van der Waals surface area contributed by atoms with E-state index in [1.807, 2.05) is 25.1 Å². The van der Waals surface area contributed by atoms with Gasteiger partial charge in [-0.1, -0.05) is 36.7 Å². The number of allylic oxidation sites excluding steroid dienone is 1. The molecule has 10 heteroatoms. The highest BCUT2D eigenvalue weighted by atomic mass is 35.5. The third-order valence-corrected chi connectivity index (χ3v) is 12.3. The van der Waals surface area contributed by atoms with Crippen LogP contribution in [0.15, 0.2) is 48.6 Å². The van der Waals surface area contributed by atoms with Gasteiger partial charge in [0.15, 0.2) is 0 Å². The number of anilines is 1. The first kappa shape index (κ1) is 31.4. The molecule has 0 radical (unpaired) electrons. The molecule has 1 fully saturated rings. The van der Waals surface area contributed by atoms with Crippen LogP contribution >= 0.6 is 11.6 Å². The number of halogens is 1. The van der Waals surface area contributed by atoms with E-state index in [0.717, 1.165) is 49.4 Å². The number of sulfonamides is 1. The van der Waals surface area contributed by atoms with Crippen molar-refractivity contribution in [3.63, 3.8) is 0 Å². The first-order valence-corrected chi connectivity index (χ1v) is 17.9. The van der Waals surface area contributed by atoms with Crippen LogP contribution in [0, 0.1) is 11.8 Å². The maximum Gasteiger partial charge on any atom is 0.264 e. The summed E-state index contributed by atoms with van der Waals surface area (Å²) in [6.07, 6.45) is 10.3. The van der Waals surface area contributed by atoms with Gasteiger partial charge in [-0.3, -0.25) is 4.79 Å². The van der Waals surface area contributed by atoms with Gasteiger partial charge in [-0.15, -0.1) is 0 Å². The highest BCUT2D eigenvalue weighted by Gasteiger charge is 2.44. The van der Waals surface area contributed by atoms with Crippen LogP contribution in [0.2, 0.25) is 5.02 Å². The van der Waals surface area contributed by atoms with Gasteiger partial charge in [0.2, 0.25) is 10.0 Å². The lowest BCUT2D eigenvalue weighted by Crippen LogP contribution is -2.49. The van der Waals surface area contributed by atoms with Crippen molar-refractivity contribution in [1.29, 1.82) is 0 Å². The highest BCUT2D eigenvalue weighted by Crippen LogP contribution is 2.47. The second-order valence-corrected chi connectivity index (χ2v) is 15.3. The number of rotatable bonds is 4. The molecule has 0 aromatic heterocycles. The van der Waals surface area contributed by atoms with Crippen molar-refractivity contribution in [2.45, 2.75) is 75.1 Å². The molecular weight excluding hydrogens is 600 g/mol. The molecule has 2 aromatic rings. The number of hydrogen-bond acceptors (Lipinski definition) is 7. The first-order valence-electron chi connectivity index (χ1n) is 16.0. The van der Waals surface area contributed by atoms with E-state index < -0.39 is 21.2 Å². The van der Waals surface area contributed by atoms with Gasteiger partial charge in [0, 0.05) is 29.1 Å². The topological polar surface area (TPSA) is 105 Å². The van der Waals surface area contributed by atoms with Crippen molar-refractivity contribution in [3.8, 4) is 5.75 Å². The van der Waals surface area contributed by atoms with Gasteiger partial charge in [0.25, 0.3) is 5.91 Å². The summed E-state index contributed by atoms with van der Waals surface area (Å²) in [7, 11) is -3.89. The Morgan fingerprint density at radius 1 is 1.18 bits per heavy atom. The molecule has 2 aliphatic carbocycles. The molecule has 5 atom stereocenters. The number of nitrogens with zero attached hydrogens (tertiary/aromatic N) is 1. The summed E-state index contributed by atoms with van der Waals surface area (Å²) in [5, 5.41) is 9.57. The zero-order valence-electron chi connectivity index (χ0n) is 25.3. The third-order valence-electron chi connectivity index (χ3n) is 10.2. The molecular formula is C34H43ClN2O6S.